The maximum Gasteiger partial charge on any atom is 0.244 e. The summed E-state index contributed by atoms with van der Waals surface area (Å²) in [5, 5.41) is 12.5. The van der Waals surface area contributed by atoms with Crippen molar-refractivity contribution in [2.75, 3.05) is 18.0 Å². The number of carbonyl (C=O) groups is 2. The fraction of sp³-hybridized carbons (Fsp3) is 0.474. The smallest absolute Gasteiger partial charge is 0.244 e. The summed E-state index contributed by atoms with van der Waals surface area (Å²) in [7, 11) is 0. The molecule has 0 radical (unpaired) electrons. The van der Waals surface area contributed by atoms with Crippen LogP contribution in [-0.4, -0.2) is 36.1 Å². The van der Waals surface area contributed by atoms with Gasteiger partial charge in [-0.3, -0.25) is 9.59 Å². The number of nitrogens with one attached hydrogen (secondary N) is 1. The number of anilines is 1. The monoisotopic (exact) mass is 330 g/mol. The largest absolute Gasteiger partial charge is 0.391 e. The Kier molecular flexibility index (Phi) is 6.55. The lowest BCUT2D eigenvalue weighted by molar-refractivity contribution is -0.117. The van der Waals surface area contributed by atoms with Crippen molar-refractivity contribution in [1.82, 2.24) is 5.32 Å². The number of aliphatic hydroxyl groups is 1. The molecule has 2 N–H and O–H groups in total. The Morgan fingerprint density at radius 3 is 2.67 bits per heavy atom. The zero-order valence-electron chi connectivity index (χ0n) is 14.4. The molecule has 1 saturated heterocycles. The summed E-state index contributed by atoms with van der Waals surface area (Å²) in [5.41, 5.74) is 1.79. The number of carbonyl (C=O) groups excluding carboxylic acids is 2. The van der Waals surface area contributed by atoms with Crippen molar-refractivity contribution in [1.29, 1.82) is 0 Å². The fourth-order valence-electron chi connectivity index (χ4n) is 2.60. The minimum Gasteiger partial charge on any atom is -0.391 e. The van der Waals surface area contributed by atoms with Crippen LogP contribution in [-0.2, 0) is 9.59 Å². The van der Waals surface area contributed by atoms with Crippen molar-refractivity contribution in [2.45, 2.75) is 39.2 Å². The van der Waals surface area contributed by atoms with E-state index >= 15 is 0 Å². The van der Waals surface area contributed by atoms with Crippen LogP contribution in [0.5, 0.6) is 0 Å². The molecular weight excluding hydrogens is 304 g/mol. The van der Waals surface area contributed by atoms with Crippen molar-refractivity contribution in [3.63, 3.8) is 0 Å². The zero-order valence-corrected chi connectivity index (χ0v) is 14.4. The summed E-state index contributed by atoms with van der Waals surface area (Å²) < 4.78 is 0. The topological polar surface area (TPSA) is 69.6 Å². The molecule has 0 aromatic heterocycles. The third kappa shape index (κ3) is 4.93. The average molecular weight is 330 g/mol. The van der Waals surface area contributed by atoms with Crippen molar-refractivity contribution in [3.05, 3.63) is 35.9 Å². The maximum atomic E-state index is 11.8. The van der Waals surface area contributed by atoms with E-state index in [9.17, 15) is 14.7 Å². The summed E-state index contributed by atoms with van der Waals surface area (Å²) in [6.07, 6.45) is 5.05. The Morgan fingerprint density at radius 2 is 2.08 bits per heavy atom. The maximum absolute atomic E-state index is 11.8. The van der Waals surface area contributed by atoms with E-state index in [1.807, 2.05) is 38.1 Å². The molecular formula is C19H26N2O3. The van der Waals surface area contributed by atoms with Gasteiger partial charge in [-0.1, -0.05) is 32.4 Å². The van der Waals surface area contributed by atoms with Gasteiger partial charge in [0.25, 0.3) is 0 Å². The van der Waals surface area contributed by atoms with E-state index in [2.05, 4.69) is 5.32 Å². The standard InChI is InChI=1S/C19H26N2O3/c1-3-14(2)17(22)13-20-18(23)11-8-15-6-9-16(10-7-15)21-12-4-5-19(21)24/h6-11,14,17,22H,3-5,12-13H2,1-2H3,(H,20,23)/b11-8+. The van der Waals surface area contributed by atoms with E-state index < -0.39 is 6.10 Å². The van der Waals surface area contributed by atoms with E-state index in [1.165, 1.54) is 6.08 Å². The molecule has 1 aromatic carbocycles. The first-order chi connectivity index (χ1) is 11.5. The van der Waals surface area contributed by atoms with Gasteiger partial charge < -0.3 is 15.3 Å². The van der Waals surface area contributed by atoms with Gasteiger partial charge in [-0.2, -0.15) is 0 Å². The minimum atomic E-state index is -0.523. The molecule has 2 rings (SSSR count). The van der Waals surface area contributed by atoms with Crippen molar-refractivity contribution < 1.29 is 14.7 Å². The Bertz CT molecular complexity index is 595. The molecule has 130 valence electrons. The number of amides is 2. The van der Waals surface area contributed by atoms with Crippen molar-refractivity contribution >= 4 is 23.6 Å². The first-order valence-corrected chi connectivity index (χ1v) is 8.55. The van der Waals surface area contributed by atoms with Gasteiger partial charge in [-0.25, -0.2) is 0 Å². The van der Waals surface area contributed by atoms with Crippen LogP contribution in [0.25, 0.3) is 6.08 Å². The fourth-order valence-corrected chi connectivity index (χ4v) is 2.60. The summed E-state index contributed by atoms with van der Waals surface area (Å²) in [4.78, 5) is 25.3. The van der Waals surface area contributed by atoms with E-state index in [1.54, 1.807) is 11.0 Å². The van der Waals surface area contributed by atoms with Crippen LogP contribution >= 0.6 is 0 Å². The Balaban J connectivity index is 1.85. The first-order valence-electron chi connectivity index (χ1n) is 8.55. The highest BCUT2D eigenvalue weighted by molar-refractivity contribution is 5.95. The van der Waals surface area contributed by atoms with Gasteiger partial charge in [0.1, 0.15) is 0 Å². The lowest BCUT2D eigenvalue weighted by Gasteiger charge is -2.16. The normalized spacial score (nSPS) is 17.3. The summed E-state index contributed by atoms with van der Waals surface area (Å²) in [5.74, 6) is 0.101. The summed E-state index contributed by atoms with van der Waals surface area (Å²) in [6, 6.07) is 7.57. The quantitative estimate of drug-likeness (QED) is 0.754. The Hall–Kier alpha value is -2.14. The predicted molar refractivity (Wildman–Crippen MR) is 95.5 cm³/mol. The van der Waals surface area contributed by atoms with Crippen LogP contribution < -0.4 is 10.2 Å². The third-order valence-corrected chi connectivity index (χ3v) is 4.49. The van der Waals surface area contributed by atoms with Gasteiger partial charge in [-0.05, 0) is 36.1 Å². The summed E-state index contributed by atoms with van der Waals surface area (Å²) >= 11 is 0. The molecule has 1 fully saturated rings. The minimum absolute atomic E-state index is 0.162. The number of nitrogens with zero attached hydrogens (tertiary/aromatic N) is 1. The molecule has 0 bridgehead atoms. The van der Waals surface area contributed by atoms with Crippen molar-refractivity contribution in [3.8, 4) is 0 Å². The molecule has 5 nitrogen and oxygen atoms in total. The molecule has 1 aromatic rings. The number of hydrogen-bond acceptors (Lipinski definition) is 3. The zero-order chi connectivity index (χ0) is 17.5. The number of benzene rings is 1. The van der Waals surface area contributed by atoms with Crippen LogP contribution in [0.2, 0.25) is 0 Å². The number of rotatable bonds is 7. The van der Waals surface area contributed by atoms with E-state index in [0.717, 1.165) is 30.6 Å². The summed E-state index contributed by atoms with van der Waals surface area (Å²) in [6.45, 7) is 5.00. The van der Waals surface area contributed by atoms with Gasteiger partial charge in [0.05, 0.1) is 6.10 Å². The SMILES string of the molecule is CCC(C)C(O)CNC(=O)/C=C/c1ccc(N2CCCC2=O)cc1. The highest BCUT2D eigenvalue weighted by Crippen LogP contribution is 2.21. The molecule has 0 spiro atoms. The molecule has 0 aliphatic carbocycles. The van der Waals surface area contributed by atoms with Gasteiger partial charge in [0.15, 0.2) is 0 Å². The van der Waals surface area contributed by atoms with Gasteiger partial charge in [0, 0.05) is 31.3 Å². The molecule has 0 saturated carbocycles. The van der Waals surface area contributed by atoms with E-state index in [-0.39, 0.29) is 24.3 Å². The molecule has 2 atom stereocenters. The van der Waals surface area contributed by atoms with Crippen LogP contribution in [0.15, 0.2) is 30.3 Å². The molecule has 1 heterocycles. The molecule has 2 unspecified atom stereocenters. The lowest BCUT2D eigenvalue weighted by atomic mass is 10.0. The van der Waals surface area contributed by atoms with Crippen LogP contribution in [0.3, 0.4) is 0 Å². The first kappa shape index (κ1) is 18.2. The molecule has 2 amide bonds. The number of aliphatic hydroxyl groups excluding tert-OH is 1. The van der Waals surface area contributed by atoms with Crippen LogP contribution in [0.1, 0.15) is 38.7 Å². The second kappa shape index (κ2) is 8.64. The number of hydrogen-bond donors (Lipinski definition) is 2. The highest BCUT2D eigenvalue weighted by atomic mass is 16.3. The molecule has 1 aliphatic heterocycles. The van der Waals surface area contributed by atoms with Crippen LogP contribution in [0.4, 0.5) is 5.69 Å². The van der Waals surface area contributed by atoms with Crippen LogP contribution in [0, 0.1) is 5.92 Å². The van der Waals surface area contributed by atoms with E-state index in [4.69, 9.17) is 0 Å². The lowest BCUT2D eigenvalue weighted by Crippen LogP contribution is -2.34. The van der Waals surface area contributed by atoms with Gasteiger partial charge >= 0.3 is 0 Å². The van der Waals surface area contributed by atoms with Gasteiger partial charge in [-0.15, -0.1) is 0 Å². The van der Waals surface area contributed by atoms with Gasteiger partial charge in [0.2, 0.25) is 11.8 Å². The molecule has 24 heavy (non-hydrogen) atoms. The molecule has 1 aliphatic rings. The molecule has 5 heteroatoms. The second-order valence-electron chi connectivity index (χ2n) is 6.27. The third-order valence-electron chi connectivity index (χ3n) is 4.49. The Labute approximate surface area is 143 Å². The van der Waals surface area contributed by atoms with E-state index in [0.29, 0.717) is 6.42 Å². The predicted octanol–water partition coefficient (Wildman–Crippen LogP) is 2.35. The average Bonchev–Trinajstić information content (AvgIpc) is 3.03. The Morgan fingerprint density at radius 1 is 1.38 bits per heavy atom. The second-order valence-corrected chi connectivity index (χ2v) is 6.27. The highest BCUT2D eigenvalue weighted by Gasteiger charge is 2.21. The van der Waals surface area contributed by atoms with Crippen molar-refractivity contribution in [2.24, 2.45) is 5.92 Å².